The van der Waals surface area contributed by atoms with Crippen LogP contribution in [0.15, 0.2) is 46.9 Å². The zero-order chi connectivity index (χ0) is 20.7. The van der Waals surface area contributed by atoms with Crippen LogP contribution in [0.5, 0.6) is 11.5 Å². The number of benzene rings is 2. The van der Waals surface area contributed by atoms with Gasteiger partial charge in [-0.1, -0.05) is 32.0 Å². The Morgan fingerprint density at radius 1 is 1.04 bits per heavy atom. The SMILES string of the molecule is COc1ccc(CNC(=O)[C@H](NC(=O)c2ccccc2Br)C(C)C)cc1OC. The van der Waals surface area contributed by atoms with Crippen molar-refractivity contribution in [2.75, 3.05) is 14.2 Å². The molecule has 0 aromatic heterocycles. The summed E-state index contributed by atoms with van der Waals surface area (Å²) in [4.78, 5) is 25.3. The highest BCUT2D eigenvalue weighted by molar-refractivity contribution is 9.10. The van der Waals surface area contributed by atoms with Crippen LogP contribution in [0.25, 0.3) is 0 Å². The topological polar surface area (TPSA) is 76.7 Å². The van der Waals surface area contributed by atoms with Crippen molar-refractivity contribution in [3.8, 4) is 11.5 Å². The largest absolute Gasteiger partial charge is 0.493 e. The molecule has 7 heteroatoms. The maximum Gasteiger partial charge on any atom is 0.253 e. The van der Waals surface area contributed by atoms with Gasteiger partial charge in [0.1, 0.15) is 6.04 Å². The first-order chi connectivity index (χ1) is 13.4. The quantitative estimate of drug-likeness (QED) is 0.647. The lowest BCUT2D eigenvalue weighted by atomic mass is 10.0. The average Bonchev–Trinajstić information content (AvgIpc) is 2.69. The number of ether oxygens (including phenoxy) is 2. The van der Waals surface area contributed by atoms with Gasteiger partial charge < -0.3 is 20.1 Å². The standard InChI is InChI=1S/C21H25BrN2O4/c1-13(2)19(24-20(25)15-7-5-6-8-16(15)22)21(26)23-12-14-9-10-17(27-3)18(11-14)28-4/h5-11,13,19H,12H2,1-4H3,(H,23,26)(H,24,25)/t19-/m1/s1. The van der Waals surface area contributed by atoms with Gasteiger partial charge in [-0.25, -0.2) is 0 Å². The predicted molar refractivity (Wildman–Crippen MR) is 112 cm³/mol. The number of halogens is 1. The molecule has 0 fully saturated rings. The number of amides is 2. The normalized spacial score (nSPS) is 11.6. The lowest BCUT2D eigenvalue weighted by Crippen LogP contribution is -2.49. The molecule has 1 atom stereocenters. The van der Waals surface area contributed by atoms with E-state index in [-0.39, 0.29) is 17.7 Å². The van der Waals surface area contributed by atoms with Crippen molar-refractivity contribution in [2.45, 2.75) is 26.4 Å². The molecule has 0 saturated heterocycles. The summed E-state index contributed by atoms with van der Waals surface area (Å²) in [6.45, 7) is 4.09. The number of nitrogens with one attached hydrogen (secondary N) is 2. The molecular formula is C21H25BrN2O4. The molecule has 0 spiro atoms. The highest BCUT2D eigenvalue weighted by Gasteiger charge is 2.25. The monoisotopic (exact) mass is 448 g/mol. The number of hydrogen-bond acceptors (Lipinski definition) is 4. The summed E-state index contributed by atoms with van der Waals surface area (Å²) in [6, 6.07) is 11.9. The second kappa shape index (κ2) is 10.1. The first kappa shape index (κ1) is 21.8. The molecule has 0 bridgehead atoms. The molecule has 0 unspecified atom stereocenters. The predicted octanol–water partition coefficient (Wildman–Crippen LogP) is 3.54. The lowest BCUT2D eigenvalue weighted by molar-refractivity contribution is -0.124. The van der Waals surface area contributed by atoms with E-state index < -0.39 is 6.04 Å². The molecule has 2 amide bonds. The molecule has 2 rings (SSSR count). The Hall–Kier alpha value is -2.54. The summed E-state index contributed by atoms with van der Waals surface area (Å²) < 4.78 is 11.2. The molecule has 28 heavy (non-hydrogen) atoms. The van der Waals surface area contributed by atoms with Gasteiger partial charge in [-0.15, -0.1) is 0 Å². The van der Waals surface area contributed by atoms with Crippen LogP contribution >= 0.6 is 15.9 Å². The summed E-state index contributed by atoms with van der Waals surface area (Å²) in [6.07, 6.45) is 0. The lowest BCUT2D eigenvalue weighted by Gasteiger charge is -2.22. The first-order valence-corrected chi connectivity index (χ1v) is 9.70. The fraction of sp³-hybridized carbons (Fsp3) is 0.333. The van der Waals surface area contributed by atoms with E-state index in [4.69, 9.17) is 9.47 Å². The van der Waals surface area contributed by atoms with Gasteiger partial charge >= 0.3 is 0 Å². The van der Waals surface area contributed by atoms with Gasteiger partial charge in [0.15, 0.2) is 11.5 Å². The van der Waals surface area contributed by atoms with Gasteiger partial charge in [-0.2, -0.15) is 0 Å². The molecule has 0 radical (unpaired) electrons. The third kappa shape index (κ3) is 5.48. The smallest absolute Gasteiger partial charge is 0.253 e. The second-order valence-corrected chi connectivity index (χ2v) is 7.44. The molecule has 0 heterocycles. The van der Waals surface area contributed by atoms with Gasteiger partial charge in [0.2, 0.25) is 5.91 Å². The summed E-state index contributed by atoms with van der Waals surface area (Å²) in [7, 11) is 3.13. The Morgan fingerprint density at radius 2 is 1.71 bits per heavy atom. The Balaban J connectivity index is 2.05. The minimum atomic E-state index is -0.653. The third-order valence-corrected chi connectivity index (χ3v) is 4.96. The number of rotatable bonds is 8. The van der Waals surface area contributed by atoms with Crippen molar-refractivity contribution >= 4 is 27.7 Å². The van der Waals surface area contributed by atoms with E-state index in [1.54, 1.807) is 38.5 Å². The Labute approximate surface area is 173 Å². The molecule has 150 valence electrons. The third-order valence-electron chi connectivity index (χ3n) is 4.27. The summed E-state index contributed by atoms with van der Waals surface area (Å²) in [5.74, 6) is 0.602. The van der Waals surface area contributed by atoms with Gasteiger partial charge in [0, 0.05) is 11.0 Å². The molecule has 2 aromatic carbocycles. The van der Waals surface area contributed by atoms with Crippen molar-refractivity contribution in [1.29, 1.82) is 0 Å². The fourth-order valence-corrected chi connectivity index (χ4v) is 3.15. The van der Waals surface area contributed by atoms with E-state index in [0.29, 0.717) is 28.1 Å². The average molecular weight is 449 g/mol. The highest BCUT2D eigenvalue weighted by atomic mass is 79.9. The maximum atomic E-state index is 12.7. The van der Waals surface area contributed by atoms with E-state index in [9.17, 15) is 9.59 Å². The van der Waals surface area contributed by atoms with E-state index in [2.05, 4.69) is 26.6 Å². The zero-order valence-electron chi connectivity index (χ0n) is 16.4. The molecule has 6 nitrogen and oxygen atoms in total. The Bertz CT molecular complexity index is 839. The molecule has 0 aliphatic carbocycles. The molecule has 0 aliphatic rings. The second-order valence-electron chi connectivity index (χ2n) is 6.58. The van der Waals surface area contributed by atoms with Gasteiger partial charge in [-0.3, -0.25) is 9.59 Å². The van der Waals surface area contributed by atoms with E-state index >= 15 is 0 Å². The maximum absolute atomic E-state index is 12.7. The number of carbonyl (C=O) groups is 2. The van der Waals surface area contributed by atoms with E-state index in [1.807, 2.05) is 32.0 Å². The van der Waals surface area contributed by atoms with Crippen molar-refractivity contribution in [3.63, 3.8) is 0 Å². The number of carbonyl (C=O) groups excluding carboxylic acids is 2. The summed E-state index contributed by atoms with van der Waals surface area (Å²) in [5.41, 5.74) is 1.35. The van der Waals surface area contributed by atoms with Crippen LogP contribution in [0.3, 0.4) is 0 Å². The molecule has 0 aliphatic heterocycles. The Kier molecular flexibility index (Phi) is 7.87. The molecule has 2 aromatic rings. The van der Waals surface area contributed by atoms with Crippen molar-refractivity contribution < 1.29 is 19.1 Å². The van der Waals surface area contributed by atoms with Crippen LogP contribution < -0.4 is 20.1 Å². The number of hydrogen-bond donors (Lipinski definition) is 2. The summed E-state index contributed by atoms with van der Waals surface area (Å²) >= 11 is 3.36. The van der Waals surface area contributed by atoms with Crippen molar-refractivity contribution in [2.24, 2.45) is 5.92 Å². The van der Waals surface area contributed by atoms with Gasteiger partial charge in [-0.05, 0) is 51.7 Å². The zero-order valence-corrected chi connectivity index (χ0v) is 18.0. The van der Waals surface area contributed by atoms with Gasteiger partial charge in [0.25, 0.3) is 5.91 Å². The summed E-state index contributed by atoms with van der Waals surface area (Å²) in [5, 5.41) is 5.70. The van der Waals surface area contributed by atoms with E-state index in [1.165, 1.54) is 0 Å². The minimum Gasteiger partial charge on any atom is -0.493 e. The Morgan fingerprint density at radius 3 is 2.32 bits per heavy atom. The number of methoxy groups -OCH3 is 2. The first-order valence-electron chi connectivity index (χ1n) is 8.91. The van der Waals surface area contributed by atoms with Crippen molar-refractivity contribution in [1.82, 2.24) is 10.6 Å². The fourth-order valence-electron chi connectivity index (χ4n) is 2.69. The van der Waals surface area contributed by atoms with Crippen LogP contribution in [0, 0.1) is 5.92 Å². The van der Waals surface area contributed by atoms with Crippen LogP contribution in [-0.2, 0) is 11.3 Å². The minimum absolute atomic E-state index is 0.0724. The van der Waals surface area contributed by atoms with Gasteiger partial charge in [0.05, 0.1) is 19.8 Å². The van der Waals surface area contributed by atoms with Crippen LogP contribution in [-0.4, -0.2) is 32.1 Å². The molecular weight excluding hydrogens is 424 g/mol. The molecule has 2 N–H and O–H groups in total. The van der Waals surface area contributed by atoms with Crippen LogP contribution in [0.2, 0.25) is 0 Å². The van der Waals surface area contributed by atoms with Crippen LogP contribution in [0.1, 0.15) is 29.8 Å². The van der Waals surface area contributed by atoms with Crippen LogP contribution in [0.4, 0.5) is 0 Å². The van der Waals surface area contributed by atoms with E-state index in [0.717, 1.165) is 5.56 Å². The van der Waals surface area contributed by atoms with Crippen molar-refractivity contribution in [3.05, 3.63) is 58.1 Å². The molecule has 0 saturated carbocycles. The highest BCUT2D eigenvalue weighted by Crippen LogP contribution is 2.27.